The molecule has 0 aromatic carbocycles. The van der Waals surface area contributed by atoms with E-state index in [1.807, 2.05) is 6.92 Å². The van der Waals surface area contributed by atoms with Crippen LogP contribution in [0.5, 0.6) is 0 Å². The first kappa shape index (κ1) is 12.4. The molecule has 0 aliphatic carbocycles. The van der Waals surface area contributed by atoms with E-state index in [0.717, 1.165) is 19.6 Å². The summed E-state index contributed by atoms with van der Waals surface area (Å²) in [7, 11) is 1.67. The largest absolute Gasteiger partial charge is 0.382 e. The van der Waals surface area contributed by atoms with E-state index in [0.29, 0.717) is 13.2 Å². The highest BCUT2D eigenvalue weighted by atomic mass is 16.5. The van der Waals surface area contributed by atoms with Crippen molar-refractivity contribution in [2.24, 2.45) is 0 Å². The van der Waals surface area contributed by atoms with E-state index in [1.165, 1.54) is 0 Å². The molecule has 0 aliphatic heterocycles. The van der Waals surface area contributed by atoms with Crippen LogP contribution < -0.4 is 5.32 Å². The van der Waals surface area contributed by atoms with E-state index in [9.17, 15) is 0 Å². The predicted octanol–water partition coefficient (Wildman–Crippen LogP) is 0.651. The molecule has 1 unspecified atom stereocenters. The van der Waals surface area contributed by atoms with Gasteiger partial charge in [-0.25, -0.2) is 0 Å². The quantitative estimate of drug-likeness (QED) is 0.445. The molecule has 0 radical (unpaired) electrons. The Morgan fingerprint density at radius 1 is 1.38 bits per heavy atom. The highest BCUT2D eigenvalue weighted by Crippen LogP contribution is 1.83. The molecule has 0 aliphatic rings. The lowest BCUT2D eigenvalue weighted by Crippen LogP contribution is -2.26. The Balaban J connectivity index is 2.96. The summed E-state index contributed by atoms with van der Waals surface area (Å²) in [6.07, 6.45) is 6.17. The Hall–Kier alpha value is -0.560. The van der Waals surface area contributed by atoms with Crippen molar-refractivity contribution in [3.63, 3.8) is 0 Å². The van der Waals surface area contributed by atoms with E-state index < -0.39 is 0 Å². The van der Waals surface area contributed by atoms with Gasteiger partial charge < -0.3 is 14.8 Å². The molecule has 76 valence electrons. The third-order valence-electron chi connectivity index (χ3n) is 1.60. The Bertz CT molecular complexity index is 142. The van der Waals surface area contributed by atoms with Crippen molar-refractivity contribution in [3.8, 4) is 12.3 Å². The van der Waals surface area contributed by atoms with E-state index in [-0.39, 0.29) is 6.04 Å². The number of methoxy groups -OCH3 is 1. The van der Waals surface area contributed by atoms with Crippen LogP contribution in [0.2, 0.25) is 0 Å². The van der Waals surface area contributed by atoms with E-state index >= 15 is 0 Å². The summed E-state index contributed by atoms with van der Waals surface area (Å²) in [4.78, 5) is 0. The Kier molecular flexibility index (Phi) is 9.12. The zero-order valence-corrected chi connectivity index (χ0v) is 8.51. The molecule has 3 nitrogen and oxygen atoms in total. The summed E-state index contributed by atoms with van der Waals surface area (Å²) >= 11 is 0. The van der Waals surface area contributed by atoms with Gasteiger partial charge in [0, 0.05) is 13.7 Å². The fraction of sp³-hybridized carbons (Fsp3) is 0.800. The molecule has 1 N–H and O–H groups in total. The van der Waals surface area contributed by atoms with Crippen LogP contribution in [0.4, 0.5) is 0 Å². The van der Waals surface area contributed by atoms with Crippen molar-refractivity contribution in [3.05, 3.63) is 0 Å². The first-order valence-electron chi connectivity index (χ1n) is 4.57. The van der Waals surface area contributed by atoms with Crippen molar-refractivity contribution in [1.82, 2.24) is 5.32 Å². The second-order valence-electron chi connectivity index (χ2n) is 2.80. The van der Waals surface area contributed by atoms with Crippen molar-refractivity contribution in [2.75, 3.05) is 33.5 Å². The Labute approximate surface area is 80.8 Å². The van der Waals surface area contributed by atoms with Gasteiger partial charge in [-0.15, -0.1) is 6.42 Å². The number of nitrogens with one attached hydrogen (secondary N) is 1. The maximum absolute atomic E-state index is 5.27. The number of hydrogen-bond donors (Lipinski definition) is 1. The van der Waals surface area contributed by atoms with Crippen LogP contribution in [0.25, 0.3) is 0 Å². The van der Waals surface area contributed by atoms with Crippen molar-refractivity contribution in [2.45, 2.75) is 19.4 Å². The number of terminal acetylenes is 1. The molecule has 3 heteroatoms. The second kappa shape index (κ2) is 9.53. The van der Waals surface area contributed by atoms with Crippen LogP contribution in [0.1, 0.15) is 13.3 Å². The first-order valence-corrected chi connectivity index (χ1v) is 4.57. The third-order valence-corrected chi connectivity index (χ3v) is 1.60. The lowest BCUT2D eigenvalue weighted by atomic mass is 10.3. The van der Waals surface area contributed by atoms with Gasteiger partial charge in [-0.3, -0.25) is 0 Å². The normalized spacial score (nSPS) is 12.4. The minimum atomic E-state index is 0.152. The predicted molar refractivity (Wildman–Crippen MR) is 53.6 cm³/mol. The van der Waals surface area contributed by atoms with E-state index in [4.69, 9.17) is 15.9 Å². The highest BCUT2D eigenvalue weighted by molar-refractivity contribution is 4.95. The van der Waals surface area contributed by atoms with Gasteiger partial charge in [-0.1, -0.05) is 5.92 Å². The number of rotatable bonds is 8. The molecule has 0 aromatic rings. The van der Waals surface area contributed by atoms with Crippen LogP contribution in [-0.2, 0) is 9.47 Å². The minimum absolute atomic E-state index is 0.152. The maximum Gasteiger partial charge on any atom is 0.0700 e. The molecule has 0 rings (SSSR count). The SMILES string of the molecule is C#CC(C)NCCCOCCOC. The van der Waals surface area contributed by atoms with Gasteiger partial charge in [0.15, 0.2) is 0 Å². The summed E-state index contributed by atoms with van der Waals surface area (Å²) in [5.74, 6) is 2.60. The standard InChI is InChI=1S/C10H19NO2/c1-4-10(2)11-6-5-7-13-9-8-12-3/h1,10-11H,5-9H2,2-3H3. The second-order valence-corrected chi connectivity index (χ2v) is 2.80. The molecule has 0 heterocycles. The fourth-order valence-corrected chi connectivity index (χ4v) is 0.796. The van der Waals surface area contributed by atoms with E-state index in [2.05, 4.69) is 11.2 Å². The average Bonchev–Trinajstić information content (AvgIpc) is 2.16. The molecule has 0 amide bonds. The molecule has 0 fully saturated rings. The molecule has 0 spiro atoms. The van der Waals surface area contributed by atoms with Gasteiger partial charge in [0.1, 0.15) is 0 Å². The van der Waals surface area contributed by atoms with Crippen molar-refractivity contribution < 1.29 is 9.47 Å². The zero-order valence-electron chi connectivity index (χ0n) is 8.51. The lowest BCUT2D eigenvalue weighted by Gasteiger charge is -2.07. The first-order chi connectivity index (χ1) is 6.31. The van der Waals surface area contributed by atoms with Gasteiger partial charge >= 0.3 is 0 Å². The van der Waals surface area contributed by atoms with Crippen molar-refractivity contribution >= 4 is 0 Å². The van der Waals surface area contributed by atoms with Crippen LogP contribution in [0.15, 0.2) is 0 Å². The summed E-state index contributed by atoms with van der Waals surface area (Å²) in [5.41, 5.74) is 0. The maximum atomic E-state index is 5.27. The molecular weight excluding hydrogens is 166 g/mol. The fourth-order valence-electron chi connectivity index (χ4n) is 0.796. The summed E-state index contributed by atoms with van der Waals surface area (Å²) in [5, 5.41) is 3.18. The lowest BCUT2D eigenvalue weighted by molar-refractivity contribution is 0.0694. The highest BCUT2D eigenvalue weighted by Gasteiger charge is 1.93. The van der Waals surface area contributed by atoms with E-state index in [1.54, 1.807) is 7.11 Å². The van der Waals surface area contributed by atoms with Gasteiger partial charge in [0.2, 0.25) is 0 Å². The zero-order chi connectivity index (χ0) is 9.94. The van der Waals surface area contributed by atoms with Gasteiger partial charge in [0.05, 0.1) is 19.3 Å². The molecular formula is C10H19NO2. The van der Waals surface area contributed by atoms with Crippen LogP contribution in [0.3, 0.4) is 0 Å². The molecule has 0 bridgehead atoms. The smallest absolute Gasteiger partial charge is 0.0700 e. The minimum Gasteiger partial charge on any atom is -0.382 e. The van der Waals surface area contributed by atoms with Gasteiger partial charge in [-0.2, -0.15) is 0 Å². The molecule has 0 saturated carbocycles. The summed E-state index contributed by atoms with van der Waals surface area (Å²) in [6.45, 7) is 4.95. The van der Waals surface area contributed by atoms with Gasteiger partial charge in [-0.05, 0) is 19.9 Å². The number of ether oxygens (including phenoxy) is 2. The van der Waals surface area contributed by atoms with Gasteiger partial charge in [0.25, 0.3) is 0 Å². The average molecular weight is 185 g/mol. The molecule has 0 aromatic heterocycles. The van der Waals surface area contributed by atoms with Crippen LogP contribution >= 0.6 is 0 Å². The topological polar surface area (TPSA) is 30.5 Å². The Morgan fingerprint density at radius 2 is 2.15 bits per heavy atom. The van der Waals surface area contributed by atoms with Crippen molar-refractivity contribution in [1.29, 1.82) is 0 Å². The molecule has 0 saturated heterocycles. The molecule has 13 heavy (non-hydrogen) atoms. The molecule has 1 atom stereocenters. The van der Waals surface area contributed by atoms with Crippen LogP contribution in [-0.4, -0.2) is 39.5 Å². The Morgan fingerprint density at radius 3 is 2.77 bits per heavy atom. The summed E-state index contributed by atoms with van der Waals surface area (Å²) in [6, 6.07) is 0.152. The van der Waals surface area contributed by atoms with Crippen LogP contribution in [0, 0.1) is 12.3 Å². The monoisotopic (exact) mass is 185 g/mol. The summed E-state index contributed by atoms with van der Waals surface area (Å²) < 4.78 is 10.1. The third kappa shape index (κ3) is 9.35. The number of hydrogen-bond acceptors (Lipinski definition) is 3.